The Hall–Kier alpha value is -1.76. The molecule has 1 aromatic rings. The third kappa shape index (κ3) is 3.12. The van der Waals surface area contributed by atoms with Gasteiger partial charge in [-0.25, -0.2) is 8.42 Å². The highest BCUT2D eigenvalue weighted by Gasteiger charge is 2.24. The predicted molar refractivity (Wildman–Crippen MR) is 83.1 cm³/mol. The van der Waals surface area contributed by atoms with E-state index in [2.05, 4.69) is 10.6 Å². The molecule has 0 aromatic heterocycles. The summed E-state index contributed by atoms with van der Waals surface area (Å²) in [5.74, 6) is 0.445. The number of anilines is 3. The highest BCUT2D eigenvalue weighted by molar-refractivity contribution is 7.91. The van der Waals surface area contributed by atoms with Crippen LogP contribution in [0.1, 0.15) is 24.8 Å². The Labute approximate surface area is 124 Å². The monoisotopic (exact) mass is 309 g/mol. The van der Waals surface area contributed by atoms with Gasteiger partial charge in [0.25, 0.3) is 0 Å². The summed E-state index contributed by atoms with van der Waals surface area (Å²) >= 11 is 0. The van der Waals surface area contributed by atoms with E-state index >= 15 is 0 Å². The molecule has 0 bridgehead atoms. The molecule has 114 valence electrons. The molecule has 2 heterocycles. The standard InChI is InChI=1S/C14H19N3O3S/c15-11-7-9-1-2-14(18)17-12(9)8-13(11)16-10-3-5-21(19,20)6-4-10/h7-8,10,16H,1-6,15H2,(H,17,18). The number of sulfone groups is 1. The molecule has 0 radical (unpaired) electrons. The first-order valence-electron chi connectivity index (χ1n) is 7.12. The van der Waals surface area contributed by atoms with E-state index in [1.807, 2.05) is 12.1 Å². The van der Waals surface area contributed by atoms with Crippen LogP contribution in [0.4, 0.5) is 17.1 Å². The molecule has 0 spiro atoms. The van der Waals surface area contributed by atoms with E-state index < -0.39 is 9.84 Å². The van der Waals surface area contributed by atoms with Crippen molar-refractivity contribution in [2.45, 2.75) is 31.7 Å². The molecule has 2 aliphatic rings. The van der Waals surface area contributed by atoms with E-state index in [4.69, 9.17) is 5.73 Å². The van der Waals surface area contributed by atoms with Crippen molar-refractivity contribution >= 4 is 32.8 Å². The van der Waals surface area contributed by atoms with Gasteiger partial charge in [0.15, 0.2) is 0 Å². The minimum absolute atomic E-state index is 0.0157. The van der Waals surface area contributed by atoms with Gasteiger partial charge in [0.2, 0.25) is 5.91 Å². The van der Waals surface area contributed by atoms with E-state index in [0.29, 0.717) is 31.4 Å². The summed E-state index contributed by atoms with van der Waals surface area (Å²) in [6.07, 6.45) is 2.36. The number of aryl methyl sites for hydroxylation is 1. The Balaban J connectivity index is 1.77. The summed E-state index contributed by atoms with van der Waals surface area (Å²) in [5.41, 5.74) is 9.30. The van der Waals surface area contributed by atoms with Crippen molar-refractivity contribution in [2.75, 3.05) is 27.9 Å². The molecule has 2 aliphatic heterocycles. The quantitative estimate of drug-likeness (QED) is 0.711. The van der Waals surface area contributed by atoms with E-state index in [1.165, 1.54) is 0 Å². The van der Waals surface area contributed by atoms with Crippen molar-refractivity contribution in [1.82, 2.24) is 0 Å². The van der Waals surface area contributed by atoms with Gasteiger partial charge in [-0.15, -0.1) is 0 Å². The zero-order valence-corrected chi connectivity index (χ0v) is 12.5. The molecular weight excluding hydrogens is 290 g/mol. The van der Waals surface area contributed by atoms with Crippen molar-refractivity contribution in [3.63, 3.8) is 0 Å². The lowest BCUT2D eigenvalue weighted by atomic mass is 10.0. The Kier molecular flexibility index (Phi) is 3.52. The number of nitrogen functional groups attached to an aromatic ring is 1. The topological polar surface area (TPSA) is 101 Å². The minimum atomic E-state index is -2.87. The Morgan fingerprint density at radius 2 is 1.90 bits per heavy atom. The first-order chi connectivity index (χ1) is 9.93. The van der Waals surface area contributed by atoms with Crippen LogP contribution in [0.2, 0.25) is 0 Å². The molecule has 1 amide bonds. The van der Waals surface area contributed by atoms with Gasteiger partial charge in [0.1, 0.15) is 9.84 Å². The second kappa shape index (κ2) is 5.22. The number of hydrogen-bond acceptors (Lipinski definition) is 5. The number of benzene rings is 1. The second-order valence-electron chi connectivity index (χ2n) is 5.72. The fourth-order valence-electron chi connectivity index (χ4n) is 2.83. The highest BCUT2D eigenvalue weighted by Crippen LogP contribution is 2.32. The van der Waals surface area contributed by atoms with Gasteiger partial charge >= 0.3 is 0 Å². The van der Waals surface area contributed by atoms with Crippen molar-refractivity contribution < 1.29 is 13.2 Å². The number of fused-ring (bicyclic) bond motifs is 1. The average molecular weight is 309 g/mol. The molecule has 1 aromatic carbocycles. The van der Waals surface area contributed by atoms with Crippen LogP contribution in [0.3, 0.4) is 0 Å². The summed E-state index contributed by atoms with van der Waals surface area (Å²) in [5, 5.41) is 6.16. The Morgan fingerprint density at radius 3 is 2.62 bits per heavy atom. The van der Waals surface area contributed by atoms with Crippen LogP contribution in [0.15, 0.2) is 12.1 Å². The molecule has 0 aliphatic carbocycles. The van der Waals surface area contributed by atoms with Crippen molar-refractivity contribution in [1.29, 1.82) is 0 Å². The third-order valence-electron chi connectivity index (χ3n) is 4.09. The van der Waals surface area contributed by atoms with Crippen LogP contribution in [0.5, 0.6) is 0 Å². The molecule has 4 N–H and O–H groups in total. The SMILES string of the molecule is Nc1cc2c(cc1NC1CCS(=O)(=O)CC1)NC(=O)CC2. The largest absolute Gasteiger partial charge is 0.397 e. The van der Waals surface area contributed by atoms with Gasteiger partial charge in [-0.05, 0) is 37.0 Å². The zero-order valence-electron chi connectivity index (χ0n) is 11.7. The Morgan fingerprint density at radius 1 is 1.19 bits per heavy atom. The molecule has 6 nitrogen and oxygen atoms in total. The molecule has 3 rings (SSSR count). The normalized spacial score (nSPS) is 21.4. The van der Waals surface area contributed by atoms with Crippen molar-refractivity contribution in [3.8, 4) is 0 Å². The van der Waals surface area contributed by atoms with Gasteiger partial charge in [-0.2, -0.15) is 0 Å². The lowest BCUT2D eigenvalue weighted by Crippen LogP contribution is -2.32. The van der Waals surface area contributed by atoms with E-state index in [9.17, 15) is 13.2 Å². The number of carbonyl (C=O) groups is 1. The fraction of sp³-hybridized carbons (Fsp3) is 0.500. The van der Waals surface area contributed by atoms with Crippen LogP contribution in [-0.4, -0.2) is 31.9 Å². The maximum absolute atomic E-state index is 11.5. The zero-order chi connectivity index (χ0) is 15.0. The van der Waals surface area contributed by atoms with Gasteiger partial charge in [0.05, 0.1) is 22.9 Å². The molecule has 0 saturated carbocycles. The fourth-order valence-corrected chi connectivity index (χ4v) is 4.32. The summed E-state index contributed by atoms with van der Waals surface area (Å²) in [7, 11) is -2.87. The molecule has 7 heteroatoms. The summed E-state index contributed by atoms with van der Waals surface area (Å²) in [6, 6.07) is 3.84. The van der Waals surface area contributed by atoms with Gasteiger partial charge in [-0.3, -0.25) is 4.79 Å². The van der Waals surface area contributed by atoms with Gasteiger partial charge in [-0.1, -0.05) is 0 Å². The summed E-state index contributed by atoms with van der Waals surface area (Å²) in [6.45, 7) is 0. The average Bonchev–Trinajstić information content (AvgIpc) is 2.42. The van der Waals surface area contributed by atoms with Crippen LogP contribution in [0.25, 0.3) is 0 Å². The Bertz CT molecular complexity index is 671. The van der Waals surface area contributed by atoms with E-state index in [1.54, 1.807) is 0 Å². The summed E-state index contributed by atoms with van der Waals surface area (Å²) < 4.78 is 22.9. The van der Waals surface area contributed by atoms with E-state index in [-0.39, 0.29) is 23.5 Å². The first-order valence-corrected chi connectivity index (χ1v) is 8.94. The lowest BCUT2D eigenvalue weighted by molar-refractivity contribution is -0.116. The predicted octanol–water partition coefficient (Wildman–Crippen LogP) is 1.14. The summed E-state index contributed by atoms with van der Waals surface area (Å²) in [4.78, 5) is 11.5. The third-order valence-corrected chi connectivity index (χ3v) is 5.80. The lowest BCUT2D eigenvalue weighted by Gasteiger charge is -2.26. The van der Waals surface area contributed by atoms with Crippen molar-refractivity contribution in [3.05, 3.63) is 17.7 Å². The maximum Gasteiger partial charge on any atom is 0.224 e. The second-order valence-corrected chi connectivity index (χ2v) is 8.02. The number of rotatable bonds is 2. The first kappa shape index (κ1) is 14.2. The smallest absolute Gasteiger partial charge is 0.224 e. The van der Waals surface area contributed by atoms with Crippen LogP contribution in [0, 0.1) is 0 Å². The van der Waals surface area contributed by atoms with Crippen LogP contribution < -0.4 is 16.4 Å². The number of nitrogens with one attached hydrogen (secondary N) is 2. The molecular formula is C14H19N3O3S. The number of nitrogens with two attached hydrogens (primary N) is 1. The molecule has 1 fully saturated rings. The van der Waals surface area contributed by atoms with Crippen molar-refractivity contribution in [2.24, 2.45) is 0 Å². The highest BCUT2D eigenvalue weighted by atomic mass is 32.2. The molecule has 21 heavy (non-hydrogen) atoms. The number of hydrogen-bond donors (Lipinski definition) is 3. The van der Waals surface area contributed by atoms with Crippen LogP contribution in [-0.2, 0) is 21.1 Å². The van der Waals surface area contributed by atoms with Gasteiger partial charge in [0, 0.05) is 18.2 Å². The molecule has 0 unspecified atom stereocenters. The number of carbonyl (C=O) groups excluding carboxylic acids is 1. The maximum atomic E-state index is 11.5. The molecule has 0 atom stereocenters. The van der Waals surface area contributed by atoms with Crippen LogP contribution >= 0.6 is 0 Å². The van der Waals surface area contributed by atoms with E-state index in [0.717, 1.165) is 16.9 Å². The minimum Gasteiger partial charge on any atom is -0.397 e. The number of amides is 1. The van der Waals surface area contributed by atoms with Gasteiger partial charge < -0.3 is 16.4 Å². The molecule has 1 saturated heterocycles.